The van der Waals surface area contributed by atoms with E-state index in [0.29, 0.717) is 19.7 Å². The van der Waals surface area contributed by atoms with E-state index in [-0.39, 0.29) is 36.8 Å². The predicted molar refractivity (Wildman–Crippen MR) is 102 cm³/mol. The molecule has 0 aromatic heterocycles. The summed E-state index contributed by atoms with van der Waals surface area (Å²) in [4.78, 5) is 14.1. The topological polar surface area (TPSA) is 53.6 Å². The standard InChI is InChI=1S/C15H22BrN3O2.2ClH/c1-21-9-7-17-10-15(20)18-13-6-8-19(11-13)14-4-2-12(16)3-5-14;;/h2-5,13,17H,6-11H2,1H3,(H,18,20);2*1H. The zero-order chi connectivity index (χ0) is 15.1. The highest BCUT2D eigenvalue weighted by molar-refractivity contribution is 9.10. The Labute approximate surface area is 158 Å². The Morgan fingerprint density at radius 2 is 2.04 bits per heavy atom. The molecule has 0 aliphatic carbocycles. The van der Waals surface area contributed by atoms with E-state index in [9.17, 15) is 4.79 Å². The average molecular weight is 429 g/mol. The molecule has 5 nitrogen and oxygen atoms in total. The van der Waals surface area contributed by atoms with E-state index in [1.807, 2.05) is 12.1 Å². The van der Waals surface area contributed by atoms with Crippen molar-refractivity contribution in [3.8, 4) is 0 Å². The molecule has 132 valence electrons. The Morgan fingerprint density at radius 3 is 2.70 bits per heavy atom. The monoisotopic (exact) mass is 427 g/mol. The zero-order valence-corrected chi connectivity index (χ0v) is 16.3. The van der Waals surface area contributed by atoms with E-state index >= 15 is 0 Å². The summed E-state index contributed by atoms with van der Waals surface area (Å²) in [5.41, 5.74) is 1.20. The highest BCUT2D eigenvalue weighted by Crippen LogP contribution is 2.22. The van der Waals surface area contributed by atoms with Crippen molar-refractivity contribution in [1.29, 1.82) is 0 Å². The number of amides is 1. The second-order valence-electron chi connectivity index (χ2n) is 5.15. The van der Waals surface area contributed by atoms with Gasteiger partial charge >= 0.3 is 0 Å². The Kier molecular flexibility index (Phi) is 11.6. The molecule has 1 saturated heterocycles. The minimum Gasteiger partial charge on any atom is -0.383 e. The molecule has 0 bridgehead atoms. The van der Waals surface area contributed by atoms with Crippen LogP contribution >= 0.6 is 40.7 Å². The minimum absolute atomic E-state index is 0. The normalized spacial score (nSPS) is 16.4. The fourth-order valence-corrected chi connectivity index (χ4v) is 2.68. The molecule has 0 radical (unpaired) electrons. The Morgan fingerprint density at radius 1 is 1.35 bits per heavy atom. The van der Waals surface area contributed by atoms with E-state index < -0.39 is 0 Å². The van der Waals surface area contributed by atoms with Crippen molar-refractivity contribution in [2.24, 2.45) is 0 Å². The molecule has 8 heteroatoms. The van der Waals surface area contributed by atoms with Gasteiger partial charge in [-0.25, -0.2) is 0 Å². The van der Waals surface area contributed by atoms with Crippen LogP contribution in [-0.4, -0.2) is 51.8 Å². The number of nitrogens with zero attached hydrogens (tertiary/aromatic N) is 1. The van der Waals surface area contributed by atoms with Crippen LogP contribution in [0, 0.1) is 0 Å². The van der Waals surface area contributed by atoms with Gasteiger partial charge in [0.1, 0.15) is 0 Å². The van der Waals surface area contributed by atoms with Crippen molar-refractivity contribution < 1.29 is 9.53 Å². The Balaban J connectivity index is 0.00000242. The number of methoxy groups -OCH3 is 1. The van der Waals surface area contributed by atoms with Crippen LogP contribution in [0.5, 0.6) is 0 Å². The van der Waals surface area contributed by atoms with Crippen LogP contribution < -0.4 is 15.5 Å². The number of halogens is 3. The first-order chi connectivity index (χ1) is 10.2. The van der Waals surface area contributed by atoms with Gasteiger partial charge in [0.15, 0.2) is 0 Å². The molecule has 1 atom stereocenters. The summed E-state index contributed by atoms with van der Waals surface area (Å²) in [6, 6.07) is 8.51. The third kappa shape index (κ3) is 7.72. The highest BCUT2D eigenvalue weighted by Gasteiger charge is 2.23. The number of carbonyl (C=O) groups excluding carboxylic acids is 1. The van der Waals surface area contributed by atoms with Gasteiger partial charge in [-0.3, -0.25) is 4.79 Å². The van der Waals surface area contributed by atoms with Crippen LogP contribution in [0.4, 0.5) is 5.69 Å². The summed E-state index contributed by atoms with van der Waals surface area (Å²) < 4.78 is 6.01. The van der Waals surface area contributed by atoms with Gasteiger partial charge in [0.05, 0.1) is 13.2 Å². The number of hydrogen-bond donors (Lipinski definition) is 2. The highest BCUT2D eigenvalue weighted by atomic mass is 79.9. The lowest BCUT2D eigenvalue weighted by atomic mass is 10.2. The molecule has 1 aliphatic rings. The van der Waals surface area contributed by atoms with Gasteiger partial charge in [-0.2, -0.15) is 0 Å². The lowest BCUT2D eigenvalue weighted by molar-refractivity contribution is -0.120. The predicted octanol–water partition coefficient (Wildman–Crippen LogP) is 2.22. The van der Waals surface area contributed by atoms with Crippen LogP contribution in [0.1, 0.15) is 6.42 Å². The van der Waals surface area contributed by atoms with Crippen LogP contribution in [-0.2, 0) is 9.53 Å². The first kappa shape index (κ1) is 22.5. The van der Waals surface area contributed by atoms with E-state index in [2.05, 4.69) is 43.6 Å². The summed E-state index contributed by atoms with van der Waals surface area (Å²) in [5.74, 6) is 0.0498. The number of nitrogens with one attached hydrogen (secondary N) is 2. The van der Waals surface area contributed by atoms with Gasteiger partial charge in [-0.1, -0.05) is 15.9 Å². The molecule has 0 spiro atoms. The molecule has 1 aromatic rings. The van der Waals surface area contributed by atoms with Crippen LogP contribution in [0.3, 0.4) is 0 Å². The number of anilines is 1. The molecule has 1 aromatic carbocycles. The van der Waals surface area contributed by atoms with Crippen molar-refractivity contribution in [2.45, 2.75) is 12.5 Å². The van der Waals surface area contributed by atoms with Gasteiger partial charge in [0, 0.05) is 42.9 Å². The van der Waals surface area contributed by atoms with Crippen molar-refractivity contribution in [1.82, 2.24) is 10.6 Å². The maximum absolute atomic E-state index is 11.8. The first-order valence-corrected chi connectivity index (χ1v) is 7.98. The lowest BCUT2D eigenvalue weighted by Crippen LogP contribution is -2.42. The van der Waals surface area contributed by atoms with Crippen molar-refractivity contribution in [3.63, 3.8) is 0 Å². The van der Waals surface area contributed by atoms with Crippen molar-refractivity contribution in [2.75, 3.05) is 44.8 Å². The minimum atomic E-state index is 0. The van der Waals surface area contributed by atoms with E-state index in [0.717, 1.165) is 24.0 Å². The molecule has 1 unspecified atom stereocenters. The zero-order valence-electron chi connectivity index (χ0n) is 13.1. The second kappa shape index (κ2) is 11.9. The number of ether oxygens (including phenoxy) is 1. The second-order valence-corrected chi connectivity index (χ2v) is 6.06. The molecule has 23 heavy (non-hydrogen) atoms. The number of benzene rings is 1. The molecule has 1 aliphatic heterocycles. The maximum Gasteiger partial charge on any atom is 0.234 e. The fraction of sp³-hybridized carbons (Fsp3) is 0.533. The maximum atomic E-state index is 11.8. The number of rotatable bonds is 7. The summed E-state index contributed by atoms with van der Waals surface area (Å²) in [5, 5.41) is 6.13. The van der Waals surface area contributed by atoms with Crippen LogP contribution in [0.25, 0.3) is 0 Å². The van der Waals surface area contributed by atoms with E-state index in [4.69, 9.17) is 4.74 Å². The molecule has 0 saturated carbocycles. The summed E-state index contributed by atoms with van der Waals surface area (Å²) >= 11 is 3.44. The Bertz CT molecular complexity index is 463. The van der Waals surface area contributed by atoms with Gasteiger partial charge in [-0.15, -0.1) is 24.8 Å². The molecular weight excluding hydrogens is 405 g/mol. The SMILES string of the molecule is COCCNCC(=O)NC1CCN(c2ccc(Br)cc2)C1.Cl.Cl. The van der Waals surface area contributed by atoms with Gasteiger partial charge in [-0.05, 0) is 30.7 Å². The molecular formula is C15H24BrCl2N3O2. The smallest absolute Gasteiger partial charge is 0.234 e. The van der Waals surface area contributed by atoms with Crippen molar-refractivity contribution >= 4 is 52.3 Å². The summed E-state index contributed by atoms with van der Waals surface area (Å²) in [6.45, 7) is 3.50. The Hall–Kier alpha value is -0.530. The third-order valence-corrected chi connectivity index (χ3v) is 4.04. The number of carbonyl (C=O) groups is 1. The van der Waals surface area contributed by atoms with Gasteiger partial charge in [0.2, 0.25) is 5.91 Å². The largest absolute Gasteiger partial charge is 0.383 e. The van der Waals surface area contributed by atoms with Gasteiger partial charge in [0.25, 0.3) is 0 Å². The molecule has 2 N–H and O–H groups in total. The summed E-state index contributed by atoms with van der Waals surface area (Å²) in [7, 11) is 1.65. The average Bonchev–Trinajstić information content (AvgIpc) is 2.93. The number of hydrogen-bond acceptors (Lipinski definition) is 4. The third-order valence-electron chi connectivity index (χ3n) is 3.51. The lowest BCUT2D eigenvalue weighted by Gasteiger charge is -2.19. The molecule has 1 amide bonds. The van der Waals surface area contributed by atoms with Crippen LogP contribution in [0.2, 0.25) is 0 Å². The molecule has 2 rings (SSSR count). The molecule has 1 heterocycles. The molecule has 1 fully saturated rings. The van der Waals surface area contributed by atoms with E-state index in [1.54, 1.807) is 7.11 Å². The quantitative estimate of drug-likeness (QED) is 0.654. The van der Waals surface area contributed by atoms with Crippen molar-refractivity contribution in [3.05, 3.63) is 28.7 Å². The van der Waals surface area contributed by atoms with Gasteiger partial charge < -0.3 is 20.3 Å². The van der Waals surface area contributed by atoms with E-state index in [1.165, 1.54) is 5.69 Å². The van der Waals surface area contributed by atoms with Crippen LogP contribution in [0.15, 0.2) is 28.7 Å². The first-order valence-electron chi connectivity index (χ1n) is 7.18. The summed E-state index contributed by atoms with van der Waals surface area (Å²) in [6.07, 6.45) is 0.986. The fourth-order valence-electron chi connectivity index (χ4n) is 2.42.